The van der Waals surface area contributed by atoms with Crippen LogP contribution in [0.25, 0.3) is 10.2 Å². The van der Waals surface area contributed by atoms with Crippen LogP contribution in [-0.4, -0.2) is 22.1 Å². The minimum absolute atomic E-state index is 0.0532. The molecule has 0 N–H and O–H groups in total. The molecule has 2 aromatic heterocycles. The van der Waals surface area contributed by atoms with Gasteiger partial charge in [0.25, 0.3) is 5.56 Å². The molecule has 0 aliphatic carbocycles. The van der Waals surface area contributed by atoms with Crippen molar-refractivity contribution < 1.29 is 9.53 Å². The number of fused-ring (bicyclic) bond motifs is 1. The largest absolute Gasteiger partial charge is 0.465 e. The van der Waals surface area contributed by atoms with Gasteiger partial charge in [0.2, 0.25) is 0 Å². The van der Waals surface area contributed by atoms with E-state index in [0.717, 1.165) is 20.8 Å². The fourth-order valence-corrected chi connectivity index (χ4v) is 5.11. The van der Waals surface area contributed by atoms with Crippen molar-refractivity contribution in [2.75, 3.05) is 6.61 Å². The van der Waals surface area contributed by atoms with Gasteiger partial charge in [-0.3, -0.25) is 14.2 Å². The zero-order valence-electron chi connectivity index (χ0n) is 15.8. The monoisotopic (exact) mass is 402 g/mol. The average molecular weight is 403 g/mol. The van der Waals surface area contributed by atoms with Gasteiger partial charge in [-0.05, 0) is 38.8 Å². The number of nitrogens with zero attached hydrogens (tertiary/aromatic N) is 2. The van der Waals surface area contributed by atoms with Crippen molar-refractivity contribution >= 4 is 39.3 Å². The van der Waals surface area contributed by atoms with Crippen molar-refractivity contribution in [2.24, 2.45) is 0 Å². The predicted octanol–water partition coefficient (Wildman–Crippen LogP) is 4.49. The Kier molecular flexibility index (Phi) is 6.01. The van der Waals surface area contributed by atoms with Crippen LogP contribution >= 0.6 is 23.1 Å². The smallest absolute Gasteiger partial charge is 0.324 e. The van der Waals surface area contributed by atoms with Crippen molar-refractivity contribution in [1.82, 2.24) is 9.55 Å². The van der Waals surface area contributed by atoms with Crippen molar-refractivity contribution in [3.8, 4) is 0 Å². The summed E-state index contributed by atoms with van der Waals surface area (Å²) in [5, 5.41) is 0.643. The second-order valence-corrected chi connectivity index (χ2v) is 8.34. The maximum Gasteiger partial charge on any atom is 0.324 e. The van der Waals surface area contributed by atoms with Crippen molar-refractivity contribution in [2.45, 2.75) is 44.6 Å². The lowest BCUT2D eigenvalue weighted by Gasteiger charge is -2.17. The molecule has 0 aliphatic rings. The van der Waals surface area contributed by atoms with Gasteiger partial charge in [-0.2, -0.15) is 0 Å². The summed E-state index contributed by atoms with van der Waals surface area (Å²) in [4.78, 5) is 32.2. The summed E-state index contributed by atoms with van der Waals surface area (Å²) in [5.41, 5.74) is 1.76. The Hall–Kier alpha value is -2.12. The van der Waals surface area contributed by atoms with Gasteiger partial charge in [-0.1, -0.05) is 42.1 Å². The van der Waals surface area contributed by atoms with Gasteiger partial charge in [0, 0.05) is 11.4 Å². The third kappa shape index (κ3) is 3.80. The summed E-state index contributed by atoms with van der Waals surface area (Å²) in [6.45, 7) is 8.44. The molecule has 3 rings (SSSR count). The molecule has 0 unspecified atom stereocenters. The number of aryl methyl sites for hydroxylation is 2. The van der Waals surface area contributed by atoms with Crippen molar-refractivity contribution in [3.05, 3.63) is 56.7 Å². The number of rotatable bonds is 6. The SMILES string of the molecule is CCOC(=O)[C@@H](Sc1nc2sc(C)c(C)c2c(=O)n1CC)c1ccccc1. The normalized spacial score (nSPS) is 12.3. The number of carbonyl (C=O) groups is 1. The first-order valence-corrected chi connectivity index (χ1v) is 10.6. The molecule has 2 heterocycles. The van der Waals surface area contributed by atoms with Crippen LogP contribution in [0.1, 0.15) is 35.1 Å². The number of benzene rings is 1. The molecule has 0 aliphatic heterocycles. The summed E-state index contributed by atoms with van der Waals surface area (Å²) >= 11 is 2.78. The lowest BCUT2D eigenvalue weighted by Crippen LogP contribution is -2.23. The first-order chi connectivity index (χ1) is 13.0. The lowest BCUT2D eigenvalue weighted by molar-refractivity contribution is -0.142. The Morgan fingerprint density at radius 1 is 1.26 bits per heavy atom. The number of aromatic nitrogens is 2. The minimum atomic E-state index is -0.574. The molecule has 0 saturated heterocycles. The topological polar surface area (TPSA) is 61.2 Å². The van der Waals surface area contributed by atoms with E-state index in [1.807, 2.05) is 51.1 Å². The highest BCUT2D eigenvalue weighted by molar-refractivity contribution is 8.00. The van der Waals surface area contributed by atoms with E-state index < -0.39 is 5.25 Å². The Labute approximate surface area is 166 Å². The number of ether oxygens (including phenoxy) is 1. The maximum atomic E-state index is 13.0. The molecule has 142 valence electrons. The quantitative estimate of drug-likeness (QED) is 0.345. The standard InChI is InChI=1S/C20H22N2O3S2/c1-5-22-18(23)15-12(3)13(4)26-17(15)21-20(22)27-16(19(24)25-6-2)14-10-8-7-9-11-14/h7-11,16H,5-6H2,1-4H3/t16-/m0/s1. The zero-order valence-corrected chi connectivity index (χ0v) is 17.4. The molecule has 0 spiro atoms. The van der Waals surface area contributed by atoms with E-state index in [9.17, 15) is 9.59 Å². The zero-order chi connectivity index (χ0) is 19.6. The molecule has 3 aromatic rings. The summed E-state index contributed by atoms with van der Waals surface area (Å²) in [6.07, 6.45) is 0. The number of carbonyl (C=O) groups excluding carboxylic acids is 1. The van der Waals surface area contributed by atoms with Gasteiger partial charge in [-0.25, -0.2) is 4.98 Å². The van der Waals surface area contributed by atoms with E-state index in [-0.39, 0.29) is 11.5 Å². The van der Waals surface area contributed by atoms with Gasteiger partial charge >= 0.3 is 5.97 Å². The van der Waals surface area contributed by atoms with Crippen LogP contribution in [0, 0.1) is 13.8 Å². The Morgan fingerprint density at radius 2 is 1.96 bits per heavy atom. The van der Waals surface area contributed by atoms with Crippen molar-refractivity contribution in [3.63, 3.8) is 0 Å². The van der Waals surface area contributed by atoms with Crippen LogP contribution in [0.3, 0.4) is 0 Å². The lowest BCUT2D eigenvalue weighted by atomic mass is 10.1. The average Bonchev–Trinajstić information content (AvgIpc) is 2.94. The van der Waals surface area contributed by atoms with Crippen LogP contribution in [-0.2, 0) is 16.1 Å². The van der Waals surface area contributed by atoms with Gasteiger partial charge in [0.05, 0.1) is 12.0 Å². The number of esters is 1. The van der Waals surface area contributed by atoms with E-state index >= 15 is 0 Å². The van der Waals surface area contributed by atoms with Crippen molar-refractivity contribution in [1.29, 1.82) is 0 Å². The molecule has 7 heteroatoms. The molecular formula is C20H22N2O3S2. The first-order valence-electron chi connectivity index (χ1n) is 8.86. The fraction of sp³-hybridized carbons (Fsp3) is 0.350. The molecule has 0 fully saturated rings. The third-order valence-corrected chi connectivity index (χ3v) is 6.72. The molecular weight excluding hydrogens is 380 g/mol. The molecule has 1 aromatic carbocycles. The number of hydrogen-bond donors (Lipinski definition) is 0. The molecule has 0 radical (unpaired) electrons. The number of thioether (sulfide) groups is 1. The second kappa shape index (κ2) is 8.27. The van der Waals surface area contributed by atoms with Crippen LogP contribution in [0.5, 0.6) is 0 Å². The van der Waals surface area contributed by atoms with E-state index in [1.54, 1.807) is 11.5 Å². The highest BCUT2D eigenvalue weighted by atomic mass is 32.2. The van der Waals surface area contributed by atoms with E-state index in [1.165, 1.54) is 23.1 Å². The molecule has 0 saturated carbocycles. The summed E-state index contributed by atoms with van der Waals surface area (Å²) in [6, 6.07) is 9.46. The molecule has 1 atom stereocenters. The first kappa shape index (κ1) is 19.6. The van der Waals surface area contributed by atoms with Crippen LogP contribution < -0.4 is 5.56 Å². The highest BCUT2D eigenvalue weighted by Gasteiger charge is 2.26. The van der Waals surface area contributed by atoms with Crippen LogP contribution in [0.2, 0.25) is 0 Å². The minimum Gasteiger partial charge on any atom is -0.465 e. The number of hydrogen-bond acceptors (Lipinski definition) is 6. The summed E-state index contributed by atoms with van der Waals surface area (Å²) in [7, 11) is 0. The van der Waals surface area contributed by atoms with E-state index in [2.05, 4.69) is 0 Å². The summed E-state index contributed by atoms with van der Waals surface area (Å²) in [5.74, 6) is -0.329. The van der Waals surface area contributed by atoms with Gasteiger partial charge in [-0.15, -0.1) is 11.3 Å². The molecule has 5 nitrogen and oxygen atoms in total. The molecule has 27 heavy (non-hydrogen) atoms. The summed E-state index contributed by atoms with van der Waals surface area (Å²) < 4.78 is 6.91. The molecule has 0 bridgehead atoms. The van der Waals surface area contributed by atoms with Crippen LogP contribution in [0.4, 0.5) is 0 Å². The van der Waals surface area contributed by atoms with Gasteiger partial charge in [0.1, 0.15) is 10.1 Å². The fourth-order valence-electron chi connectivity index (χ4n) is 2.88. The Bertz CT molecular complexity index is 1030. The Balaban J connectivity index is 2.12. The number of thiophene rings is 1. The van der Waals surface area contributed by atoms with Crippen LogP contribution in [0.15, 0.2) is 40.3 Å². The van der Waals surface area contributed by atoms with Gasteiger partial charge in [0.15, 0.2) is 5.16 Å². The maximum absolute atomic E-state index is 13.0. The van der Waals surface area contributed by atoms with E-state index in [4.69, 9.17) is 9.72 Å². The highest BCUT2D eigenvalue weighted by Crippen LogP contribution is 2.36. The molecule has 0 amide bonds. The van der Waals surface area contributed by atoms with Gasteiger partial charge < -0.3 is 4.74 Å². The second-order valence-electron chi connectivity index (χ2n) is 6.07. The third-order valence-electron chi connectivity index (χ3n) is 4.40. The van der Waals surface area contributed by atoms with E-state index in [0.29, 0.717) is 23.7 Å². The Morgan fingerprint density at radius 3 is 2.59 bits per heavy atom. The predicted molar refractivity (Wildman–Crippen MR) is 111 cm³/mol.